The van der Waals surface area contributed by atoms with Gasteiger partial charge in [0.15, 0.2) is 5.65 Å². The molecule has 1 unspecified atom stereocenters. The summed E-state index contributed by atoms with van der Waals surface area (Å²) in [7, 11) is 0. The molecule has 1 aromatic carbocycles. The predicted molar refractivity (Wildman–Crippen MR) is 160 cm³/mol. The zero-order chi connectivity index (χ0) is 31.9. The summed E-state index contributed by atoms with van der Waals surface area (Å²) < 4.78 is 39.5. The number of aromatic nitrogens is 3. The molecule has 2 aliphatic heterocycles. The Morgan fingerprint density at radius 1 is 1.11 bits per heavy atom. The van der Waals surface area contributed by atoms with Gasteiger partial charge in [-0.05, 0) is 50.4 Å². The van der Waals surface area contributed by atoms with Gasteiger partial charge < -0.3 is 30.0 Å². The Morgan fingerprint density at radius 3 is 2.60 bits per heavy atom. The Labute approximate surface area is 259 Å². The third kappa shape index (κ3) is 6.37. The van der Waals surface area contributed by atoms with Crippen molar-refractivity contribution in [2.24, 2.45) is 0 Å². The predicted octanol–water partition coefficient (Wildman–Crippen LogP) is 3.66. The van der Waals surface area contributed by atoms with Crippen LogP contribution in [0, 0.1) is 0 Å². The molecule has 45 heavy (non-hydrogen) atoms. The van der Waals surface area contributed by atoms with Crippen molar-refractivity contribution in [2.45, 2.75) is 39.0 Å². The third-order valence-corrected chi connectivity index (χ3v) is 8.24. The van der Waals surface area contributed by atoms with Crippen LogP contribution in [0.3, 0.4) is 0 Å². The number of benzene rings is 1. The van der Waals surface area contributed by atoms with E-state index in [1.807, 2.05) is 0 Å². The van der Waals surface area contributed by atoms with E-state index in [0.717, 1.165) is 0 Å². The van der Waals surface area contributed by atoms with Crippen LogP contribution in [0.2, 0.25) is 0 Å². The highest BCUT2D eigenvalue weighted by Gasteiger charge is 2.31. The summed E-state index contributed by atoms with van der Waals surface area (Å²) in [5.41, 5.74) is 6.44. The third-order valence-electron chi connectivity index (χ3n) is 7.15. The minimum Gasteiger partial charge on any atom is -0.444 e. The van der Waals surface area contributed by atoms with E-state index < -0.39 is 30.3 Å². The molecule has 0 saturated carbocycles. The SMILES string of the molecule is CC(C)(C)OC(=O)N1CCN(C(=O)c2cc3cc(OC(F)F)c(C4NNC=C4NC(=O)c4cnn5cccnc45)cc3s2)CC1. The zero-order valence-electron chi connectivity index (χ0n) is 24.5. The van der Waals surface area contributed by atoms with Crippen molar-refractivity contribution in [2.75, 3.05) is 26.2 Å². The molecule has 6 rings (SSSR count). The number of hydrogen-bond acceptors (Lipinski definition) is 10. The van der Waals surface area contributed by atoms with Gasteiger partial charge in [0.25, 0.3) is 11.8 Å². The molecule has 3 amide bonds. The van der Waals surface area contributed by atoms with E-state index in [-0.39, 0.29) is 17.2 Å². The van der Waals surface area contributed by atoms with Crippen molar-refractivity contribution in [3.8, 4) is 5.75 Å². The number of thiophene rings is 1. The molecule has 1 fully saturated rings. The molecule has 0 bridgehead atoms. The Morgan fingerprint density at radius 2 is 1.87 bits per heavy atom. The molecule has 13 nitrogen and oxygen atoms in total. The number of rotatable bonds is 6. The molecule has 16 heteroatoms. The van der Waals surface area contributed by atoms with E-state index in [2.05, 4.69) is 26.3 Å². The molecular formula is C29H30F2N8O5S. The van der Waals surface area contributed by atoms with Crippen LogP contribution < -0.4 is 20.9 Å². The van der Waals surface area contributed by atoms with Crippen LogP contribution in [0.15, 0.2) is 54.8 Å². The van der Waals surface area contributed by atoms with Crippen LogP contribution in [-0.4, -0.2) is 80.7 Å². The number of alkyl halides is 2. The second-order valence-corrected chi connectivity index (χ2v) is 12.5. The number of carbonyl (C=O) groups is 3. The molecule has 0 spiro atoms. The normalized spacial score (nSPS) is 17.0. The Hall–Kier alpha value is -4.83. The standard InChI is InChI=1S/C29H30F2N8O5S/c1-29(2,3)44-28(42)38-9-7-37(8-10-38)26(41)22-12-16-11-20(43-27(30)31)17(13-21(16)45-22)23-19(15-33-36-23)35-25(40)18-14-34-39-6-4-5-32-24(18)39/h4-6,11-15,23,27,33,36H,7-10H2,1-3H3,(H,35,40). The van der Waals surface area contributed by atoms with E-state index in [4.69, 9.17) is 9.47 Å². The van der Waals surface area contributed by atoms with Crippen molar-refractivity contribution in [3.63, 3.8) is 0 Å². The number of hydrogen-bond donors (Lipinski definition) is 3. The van der Waals surface area contributed by atoms with Crippen LogP contribution in [0.1, 0.15) is 52.4 Å². The second kappa shape index (κ2) is 11.9. The van der Waals surface area contributed by atoms with E-state index in [1.165, 1.54) is 34.3 Å². The summed E-state index contributed by atoms with van der Waals surface area (Å²) in [4.78, 5) is 46.8. The molecule has 3 N–H and O–H groups in total. The van der Waals surface area contributed by atoms with Crippen LogP contribution in [-0.2, 0) is 4.74 Å². The maximum absolute atomic E-state index is 13.5. The van der Waals surface area contributed by atoms with Gasteiger partial charge in [0.1, 0.15) is 16.9 Å². The summed E-state index contributed by atoms with van der Waals surface area (Å²) in [5.74, 6) is -0.827. The average molecular weight is 641 g/mol. The fraction of sp³-hybridized carbons (Fsp3) is 0.345. The summed E-state index contributed by atoms with van der Waals surface area (Å²) in [6.07, 6.45) is 5.68. The first-order chi connectivity index (χ1) is 21.5. The molecule has 2 aliphatic rings. The van der Waals surface area contributed by atoms with E-state index >= 15 is 0 Å². The van der Waals surface area contributed by atoms with E-state index in [9.17, 15) is 23.2 Å². The topological polar surface area (TPSA) is 142 Å². The molecule has 1 saturated heterocycles. The Balaban J connectivity index is 1.21. The molecule has 0 aliphatic carbocycles. The van der Waals surface area contributed by atoms with Gasteiger partial charge in [0, 0.05) is 55.0 Å². The number of amides is 3. The summed E-state index contributed by atoms with van der Waals surface area (Å²) in [6.45, 7) is 3.58. The van der Waals surface area contributed by atoms with Gasteiger partial charge in [-0.1, -0.05) is 0 Å². The molecule has 1 atom stereocenters. The van der Waals surface area contributed by atoms with Crippen molar-refractivity contribution in [3.05, 3.63) is 70.8 Å². The maximum atomic E-state index is 13.5. The smallest absolute Gasteiger partial charge is 0.410 e. The quantitative estimate of drug-likeness (QED) is 0.288. The minimum absolute atomic E-state index is 0.112. The van der Waals surface area contributed by atoms with Crippen molar-refractivity contribution in [1.29, 1.82) is 0 Å². The Bertz CT molecular complexity index is 1810. The minimum atomic E-state index is -3.11. The highest BCUT2D eigenvalue weighted by Crippen LogP contribution is 2.38. The number of halogens is 2. The van der Waals surface area contributed by atoms with Crippen molar-refractivity contribution in [1.82, 2.24) is 40.6 Å². The summed E-state index contributed by atoms with van der Waals surface area (Å²) in [5, 5.41) is 7.49. The van der Waals surface area contributed by atoms with Gasteiger partial charge in [0.2, 0.25) is 0 Å². The summed E-state index contributed by atoms with van der Waals surface area (Å²) >= 11 is 1.22. The van der Waals surface area contributed by atoms with E-state index in [1.54, 1.807) is 61.2 Å². The van der Waals surface area contributed by atoms with Gasteiger partial charge >= 0.3 is 12.7 Å². The number of carbonyl (C=O) groups excluding carboxylic acids is 3. The second-order valence-electron chi connectivity index (χ2n) is 11.4. The molecule has 5 heterocycles. The average Bonchev–Trinajstić information content (AvgIpc) is 3.73. The van der Waals surface area contributed by atoms with Crippen molar-refractivity contribution >= 4 is 45.0 Å². The molecular weight excluding hydrogens is 610 g/mol. The van der Waals surface area contributed by atoms with Gasteiger partial charge in [-0.15, -0.1) is 11.3 Å². The first-order valence-corrected chi connectivity index (χ1v) is 14.9. The highest BCUT2D eigenvalue weighted by atomic mass is 32.1. The molecule has 3 aromatic heterocycles. The largest absolute Gasteiger partial charge is 0.444 e. The van der Waals surface area contributed by atoms with Crippen molar-refractivity contribution < 1.29 is 32.6 Å². The van der Waals surface area contributed by atoms with Gasteiger partial charge in [-0.3, -0.25) is 9.59 Å². The summed E-state index contributed by atoms with van der Waals surface area (Å²) in [6, 6.07) is 5.67. The van der Waals surface area contributed by atoms with Crippen LogP contribution in [0.4, 0.5) is 13.6 Å². The number of nitrogens with zero attached hydrogens (tertiary/aromatic N) is 5. The highest BCUT2D eigenvalue weighted by molar-refractivity contribution is 7.20. The molecule has 0 radical (unpaired) electrons. The Kier molecular flexibility index (Phi) is 8.01. The number of hydrazine groups is 1. The number of piperazine rings is 1. The lowest BCUT2D eigenvalue weighted by atomic mass is 10.0. The number of fused-ring (bicyclic) bond motifs is 2. The lowest BCUT2D eigenvalue weighted by molar-refractivity contribution is -0.0505. The van der Waals surface area contributed by atoms with E-state index in [0.29, 0.717) is 58.0 Å². The van der Waals surface area contributed by atoms with Gasteiger partial charge in [0.05, 0.1) is 22.8 Å². The van der Waals surface area contributed by atoms with Crippen LogP contribution in [0.25, 0.3) is 15.7 Å². The van der Waals surface area contributed by atoms with Gasteiger partial charge in [-0.2, -0.15) is 13.9 Å². The zero-order valence-corrected chi connectivity index (χ0v) is 25.4. The van der Waals surface area contributed by atoms with Crippen LogP contribution in [0.5, 0.6) is 5.75 Å². The van der Waals surface area contributed by atoms with Gasteiger partial charge in [-0.25, -0.2) is 19.7 Å². The lowest BCUT2D eigenvalue weighted by Crippen LogP contribution is -2.51. The first kappa shape index (κ1) is 30.2. The molecule has 4 aromatic rings. The molecule has 236 valence electrons. The number of nitrogens with one attached hydrogen (secondary N) is 3. The number of ether oxygens (including phenoxy) is 2. The van der Waals surface area contributed by atoms with Crippen LogP contribution >= 0.6 is 11.3 Å². The monoisotopic (exact) mass is 640 g/mol. The lowest BCUT2D eigenvalue weighted by Gasteiger charge is -2.35. The fourth-order valence-electron chi connectivity index (χ4n) is 5.09. The first-order valence-electron chi connectivity index (χ1n) is 14.1. The maximum Gasteiger partial charge on any atom is 0.410 e. The fourth-order valence-corrected chi connectivity index (χ4v) is 6.15.